The molecule has 1 N–H and O–H groups in total. The molecule has 3 aromatic carbocycles. The van der Waals surface area contributed by atoms with Gasteiger partial charge in [0.2, 0.25) is 23.6 Å². The molecule has 2 heterocycles. The van der Waals surface area contributed by atoms with E-state index in [1.807, 2.05) is 56.3 Å². The first-order chi connectivity index (χ1) is 22.2. The first-order valence-corrected chi connectivity index (χ1v) is 16.3. The number of phenols is 1. The Balaban J connectivity index is 1.33. The fourth-order valence-corrected chi connectivity index (χ4v) is 8.38. The number of amides is 4. The third-order valence-electron chi connectivity index (χ3n) is 10.5. The van der Waals surface area contributed by atoms with Gasteiger partial charge in [0.1, 0.15) is 0 Å². The molecule has 0 bridgehead atoms. The highest BCUT2D eigenvalue weighted by atomic mass is 35.5. The van der Waals surface area contributed by atoms with Crippen LogP contribution in [0.2, 0.25) is 5.02 Å². The number of hydrogen-bond donors (Lipinski definition) is 1. The third-order valence-corrected chi connectivity index (χ3v) is 10.8. The van der Waals surface area contributed by atoms with Crippen molar-refractivity contribution in [1.29, 1.82) is 0 Å². The van der Waals surface area contributed by atoms with Crippen molar-refractivity contribution in [3.05, 3.63) is 94.0 Å². The van der Waals surface area contributed by atoms with Gasteiger partial charge in [0.15, 0.2) is 11.5 Å². The molecule has 3 fully saturated rings. The number of halogens is 1. The topological polar surface area (TPSA) is 104 Å². The summed E-state index contributed by atoms with van der Waals surface area (Å²) in [6.45, 7) is 4.08. The zero-order valence-electron chi connectivity index (χ0n) is 25.9. The van der Waals surface area contributed by atoms with Gasteiger partial charge in [-0.15, -0.1) is 0 Å². The highest BCUT2D eigenvalue weighted by Crippen LogP contribution is 2.59. The fourth-order valence-electron chi connectivity index (χ4n) is 8.16. The van der Waals surface area contributed by atoms with Crippen LogP contribution in [-0.2, 0) is 32.0 Å². The van der Waals surface area contributed by atoms with Gasteiger partial charge in [-0.1, -0.05) is 61.4 Å². The number of aromatic hydroxyl groups is 1. The van der Waals surface area contributed by atoms with E-state index in [0.29, 0.717) is 23.4 Å². The summed E-state index contributed by atoms with van der Waals surface area (Å²) in [5, 5.41) is 10.6. The summed E-state index contributed by atoms with van der Waals surface area (Å²) in [6.07, 6.45) is 4.26. The molecule has 2 aliphatic carbocycles. The monoisotopic (exact) mass is 638 g/mol. The zero-order chi connectivity index (χ0) is 32.4. The van der Waals surface area contributed by atoms with Crippen molar-refractivity contribution in [2.24, 2.45) is 29.6 Å². The van der Waals surface area contributed by atoms with Crippen molar-refractivity contribution in [1.82, 2.24) is 0 Å². The van der Waals surface area contributed by atoms with E-state index in [4.69, 9.17) is 16.3 Å². The second-order valence-electron chi connectivity index (χ2n) is 12.6. The van der Waals surface area contributed by atoms with Crippen molar-refractivity contribution in [2.75, 3.05) is 16.9 Å². The molecule has 4 aliphatic rings. The summed E-state index contributed by atoms with van der Waals surface area (Å²) in [6, 6.07) is 18.2. The van der Waals surface area contributed by atoms with Gasteiger partial charge in [0.25, 0.3) is 0 Å². The minimum atomic E-state index is -0.757. The van der Waals surface area contributed by atoms with Crippen LogP contribution < -0.4 is 14.5 Å². The lowest BCUT2D eigenvalue weighted by Crippen LogP contribution is -2.43. The Kier molecular flexibility index (Phi) is 7.51. The first kappa shape index (κ1) is 30.2. The van der Waals surface area contributed by atoms with Crippen LogP contribution in [0.15, 0.2) is 72.3 Å². The number of phenolic OH excluding ortho intramolecular Hbond substituents is 1. The largest absolute Gasteiger partial charge is 0.503 e. The number of rotatable bonds is 6. The van der Waals surface area contributed by atoms with E-state index >= 15 is 0 Å². The van der Waals surface area contributed by atoms with Gasteiger partial charge in [-0.2, -0.15) is 0 Å². The predicted octanol–water partition coefficient (Wildman–Crippen LogP) is 6.22. The first-order valence-electron chi connectivity index (χ1n) is 15.9. The number of benzene rings is 3. The van der Waals surface area contributed by atoms with Gasteiger partial charge >= 0.3 is 0 Å². The molecular weight excluding hydrogens is 604 g/mol. The van der Waals surface area contributed by atoms with Crippen molar-refractivity contribution < 1.29 is 29.0 Å². The Morgan fingerprint density at radius 3 is 1.85 bits per heavy atom. The van der Waals surface area contributed by atoms with Crippen LogP contribution in [0.25, 0.3) is 0 Å². The molecule has 2 saturated heterocycles. The van der Waals surface area contributed by atoms with Crippen molar-refractivity contribution in [3.8, 4) is 11.5 Å². The Labute approximate surface area is 272 Å². The second-order valence-corrected chi connectivity index (χ2v) is 13.0. The van der Waals surface area contributed by atoms with Crippen LogP contribution in [0.4, 0.5) is 11.4 Å². The van der Waals surface area contributed by atoms with E-state index in [9.17, 15) is 24.3 Å². The molecule has 7 rings (SSSR count). The number of hydrogen-bond acceptors (Lipinski definition) is 6. The van der Waals surface area contributed by atoms with Gasteiger partial charge in [0.05, 0.1) is 47.2 Å². The molecule has 236 valence electrons. The number of nitrogens with zero attached hydrogens (tertiary/aromatic N) is 2. The van der Waals surface area contributed by atoms with Gasteiger partial charge in [-0.3, -0.25) is 29.0 Å². The average Bonchev–Trinajstić information content (AvgIpc) is 3.48. The number of imide groups is 2. The van der Waals surface area contributed by atoms with Crippen LogP contribution in [0, 0.1) is 29.6 Å². The number of carbonyl (C=O) groups excluding carboxylic acids is 4. The summed E-state index contributed by atoms with van der Waals surface area (Å²) >= 11 is 6.48. The third kappa shape index (κ3) is 4.48. The van der Waals surface area contributed by atoms with Crippen molar-refractivity contribution in [2.45, 2.75) is 45.4 Å². The number of ether oxygens (including phenoxy) is 1. The lowest BCUT2D eigenvalue weighted by atomic mass is 9.57. The van der Waals surface area contributed by atoms with E-state index in [1.54, 1.807) is 24.3 Å². The predicted molar refractivity (Wildman–Crippen MR) is 174 cm³/mol. The smallest absolute Gasteiger partial charge is 0.238 e. The molecule has 0 radical (unpaired) electrons. The van der Waals surface area contributed by atoms with Gasteiger partial charge < -0.3 is 9.84 Å². The standard InChI is InChI=1S/C37H35ClN2O6/c1-4-19-6-10-22(11-7-19)39-34(42)25-15-14-24-26(31(25)36(39)44)18-27-32(30(24)21-16-28(38)33(41)29(17-21)46-3)37(45)40(35(27)43)23-12-8-20(5-2)9-13-23/h6-14,16-17,25-27,30-32,41H,4-5,15,18H2,1-3H3/t25-,26+,27+,30-,31-,32+/m0/s1. The zero-order valence-corrected chi connectivity index (χ0v) is 26.7. The summed E-state index contributed by atoms with van der Waals surface area (Å²) in [5.74, 6) is -5.00. The van der Waals surface area contributed by atoms with E-state index < -0.39 is 35.5 Å². The maximum Gasteiger partial charge on any atom is 0.238 e. The van der Waals surface area contributed by atoms with Gasteiger partial charge in [0, 0.05) is 5.92 Å². The molecule has 46 heavy (non-hydrogen) atoms. The minimum Gasteiger partial charge on any atom is -0.503 e. The highest BCUT2D eigenvalue weighted by Gasteiger charge is 2.62. The maximum absolute atomic E-state index is 14.3. The Morgan fingerprint density at radius 2 is 1.30 bits per heavy atom. The minimum absolute atomic E-state index is 0.0555. The molecule has 6 atom stereocenters. The quantitative estimate of drug-likeness (QED) is 0.254. The van der Waals surface area contributed by atoms with Crippen LogP contribution in [0.1, 0.15) is 49.3 Å². The van der Waals surface area contributed by atoms with Crippen LogP contribution in [0.3, 0.4) is 0 Å². The molecule has 4 amide bonds. The van der Waals surface area contributed by atoms with Crippen LogP contribution in [-0.4, -0.2) is 35.8 Å². The molecule has 3 aromatic rings. The maximum atomic E-state index is 14.3. The normalized spacial score (nSPS) is 27.0. The SMILES string of the molecule is CCc1ccc(N2C(=O)[C@H]3[C@H](CC=C4[C@H]3C[C@H]3C(=O)N(c5ccc(CC)cc5)C(=O)[C@H]3[C@H]4c3cc(Cl)c(O)c(OC)c3)C2=O)cc1. The Hall–Kier alpha value is -4.43. The summed E-state index contributed by atoms with van der Waals surface area (Å²) in [5.41, 5.74) is 4.69. The summed E-state index contributed by atoms with van der Waals surface area (Å²) < 4.78 is 5.42. The molecule has 1 saturated carbocycles. The fraction of sp³-hybridized carbons (Fsp3) is 0.351. The van der Waals surface area contributed by atoms with E-state index in [-0.39, 0.29) is 46.6 Å². The summed E-state index contributed by atoms with van der Waals surface area (Å²) in [4.78, 5) is 59.2. The molecule has 0 spiro atoms. The molecule has 9 heteroatoms. The van der Waals surface area contributed by atoms with Crippen molar-refractivity contribution >= 4 is 46.6 Å². The number of methoxy groups -OCH3 is 1. The highest BCUT2D eigenvalue weighted by molar-refractivity contribution is 6.32. The lowest BCUT2D eigenvalue weighted by molar-refractivity contribution is -0.126. The Morgan fingerprint density at radius 1 is 0.761 bits per heavy atom. The number of allylic oxidation sites excluding steroid dienone is 2. The van der Waals surface area contributed by atoms with Gasteiger partial charge in [-0.05, 0) is 84.7 Å². The van der Waals surface area contributed by atoms with Crippen LogP contribution >= 0.6 is 11.6 Å². The molecule has 2 aliphatic heterocycles. The van der Waals surface area contributed by atoms with E-state index in [1.165, 1.54) is 16.9 Å². The molecular formula is C37H35ClN2O6. The summed E-state index contributed by atoms with van der Waals surface area (Å²) in [7, 11) is 1.42. The molecule has 0 unspecified atom stereocenters. The van der Waals surface area contributed by atoms with Gasteiger partial charge in [-0.25, -0.2) is 0 Å². The molecule has 8 nitrogen and oxygen atoms in total. The van der Waals surface area contributed by atoms with E-state index in [2.05, 4.69) is 0 Å². The number of carbonyl (C=O) groups is 4. The second kappa shape index (κ2) is 11.4. The average molecular weight is 639 g/mol. The Bertz CT molecular complexity index is 1800. The van der Waals surface area contributed by atoms with E-state index in [0.717, 1.165) is 29.5 Å². The number of aryl methyl sites for hydroxylation is 2. The molecule has 0 aromatic heterocycles. The number of fused-ring (bicyclic) bond motifs is 4. The van der Waals surface area contributed by atoms with Crippen molar-refractivity contribution in [3.63, 3.8) is 0 Å². The van der Waals surface area contributed by atoms with Crippen LogP contribution in [0.5, 0.6) is 11.5 Å². The lowest BCUT2D eigenvalue weighted by Gasteiger charge is -2.44. The number of anilines is 2.